The molecule has 0 aliphatic rings. The first kappa shape index (κ1) is 20.4. The van der Waals surface area contributed by atoms with Gasteiger partial charge < -0.3 is 5.32 Å². The molecule has 0 fully saturated rings. The predicted octanol–water partition coefficient (Wildman–Crippen LogP) is 3.09. The summed E-state index contributed by atoms with van der Waals surface area (Å²) in [6, 6.07) is 11.1. The molecule has 2 aromatic carbocycles. The van der Waals surface area contributed by atoms with Crippen LogP contribution in [0, 0.1) is 5.82 Å². The maximum atomic E-state index is 12.9. The summed E-state index contributed by atoms with van der Waals surface area (Å²) >= 11 is 3.33. The van der Waals surface area contributed by atoms with E-state index in [0.29, 0.717) is 29.5 Å². The van der Waals surface area contributed by atoms with Gasteiger partial charge in [-0.1, -0.05) is 28.1 Å². The van der Waals surface area contributed by atoms with Gasteiger partial charge in [0.15, 0.2) is 0 Å². The molecule has 0 aliphatic heterocycles. The second-order valence-corrected chi connectivity index (χ2v) is 8.46. The van der Waals surface area contributed by atoms with E-state index in [-0.39, 0.29) is 11.7 Å². The van der Waals surface area contributed by atoms with E-state index in [1.54, 1.807) is 30.3 Å². The number of halogens is 2. The number of amides is 1. The smallest absolute Gasteiger partial charge is 0.251 e. The number of rotatable bonds is 7. The van der Waals surface area contributed by atoms with Crippen LogP contribution in [0.4, 0.5) is 10.1 Å². The Bertz CT molecular complexity index is 886. The fourth-order valence-corrected chi connectivity index (χ4v) is 3.14. The Morgan fingerprint density at radius 3 is 2.38 bits per heavy atom. The third-order valence-corrected chi connectivity index (χ3v) is 5.72. The summed E-state index contributed by atoms with van der Waals surface area (Å²) < 4.78 is 37.5. The number of anilines is 1. The van der Waals surface area contributed by atoms with Crippen LogP contribution in [0.15, 0.2) is 42.5 Å². The van der Waals surface area contributed by atoms with Crippen LogP contribution in [0.5, 0.6) is 0 Å². The number of nitrogens with one attached hydrogen (secondary N) is 1. The van der Waals surface area contributed by atoms with Crippen LogP contribution in [-0.4, -0.2) is 34.2 Å². The van der Waals surface area contributed by atoms with Crippen molar-refractivity contribution < 1.29 is 17.6 Å². The summed E-state index contributed by atoms with van der Waals surface area (Å²) in [6.45, 7) is 0.389. The van der Waals surface area contributed by atoms with E-state index < -0.39 is 10.0 Å². The Labute approximate surface area is 161 Å². The van der Waals surface area contributed by atoms with Crippen molar-refractivity contribution >= 4 is 37.5 Å². The number of alkyl halides is 1. The van der Waals surface area contributed by atoms with Gasteiger partial charge in [-0.05, 0) is 47.9 Å². The predicted molar refractivity (Wildman–Crippen MR) is 105 cm³/mol. The van der Waals surface area contributed by atoms with Crippen molar-refractivity contribution in [2.24, 2.45) is 0 Å². The summed E-state index contributed by atoms with van der Waals surface area (Å²) in [7, 11) is -1.98. The first-order valence-electron chi connectivity index (χ1n) is 7.87. The zero-order valence-electron chi connectivity index (χ0n) is 14.5. The van der Waals surface area contributed by atoms with E-state index in [1.807, 2.05) is 0 Å². The number of benzene rings is 2. The topological polar surface area (TPSA) is 66.5 Å². The molecule has 0 saturated heterocycles. The SMILES string of the molecule is CN(c1cc(CBr)cc(C(=O)NCCc2ccc(F)cc2)c1)S(C)(=O)=O. The van der Waals surface area contributed by atoms with Crippen molar-refractivity contribution in [3.05, 3.63) is 65.0 Å². The number of carbonyl (C=O) groups excluding carboxylic acids is 1. The van der Waals surface area contributed by atoms with E-state index in [2.05, 4.69) is 21.2 Å². The van der Waals surface area contributed by atoms with Gasteiger partial charge in [0.1, 0.15) is 5.82 Å². The standard InChI is InChI=1S/C18H20BrFN2O3S/c1-22(26(2,24)25)17-10-14(12-19)9-15(11-17)18(23)21-8-7-13-3-5-16(20)6-4-13/h3-6,9-11H,7-8,12H2,1-2H3,(H,21,23). The summed E-state index contributed by atoms with van der Waals surface area (Å²) in [5.74, 6) is -0.593. The third kappa shape index (κ3) is 5.54. The molecule has 8 heteroatoms. The van der Waals surface area contributed by atoms with Gasteiger partial charge in [-0.2, -0.15) is 0 Å². The highest BCUT2D eigenvalue weighted by molar-refractivity contribution is 9.08. The first-order valence-corrected chi connectivity index (χ1v) is 10.8. The molecule has 2 rings (SSSR count). The molecule has 0 bridgehead atoms. The molecular weight excluding hydrogens is 423 g/mol. The first-order chi connectivity index (χ1) is 12.2. The molecule has 1 N–H and O–H groups in total. The molecule has 26 heavy (non-hydrogen) atoms. The highest BCUT2D eigenvalue weighted by Crippen LogP contribution is 2.22. The highest BCUT2D eigenvalue weighted by atomic mass is 79.9. The van der Waals surface area contributed by atoms with Crippen molar-refractivity contribution in [3.8, 4) is 0 Å². The largest absolute Gasteiger partial charge is 0.352 e. The zero-order valence-corrected chi connectivity index (χ0v) is 16.9. The lowest BCUT2D eigenvalue weighted by Gasteiger charge is -2.18. The van der Waals surface area contributed by atoms with Crippen LogP contribution in [0.3, 0.4) is 0 Å². The van der Waals surface area contributed by atoms with Crippen molar-refractivity contribution in [3.63, 3.8) is 0 Å². The van der Waals surface area contributed by atoms with Gasteiger partial charge in [0, 0.05) is 24.5 Å². The monoisotopic (exact) mass is 442 g/mol. The molecular formula is C18H20BrFN2O3S. The van der Waals surface area contributed by atoms with Gasteiger partial charge in [-0.15, -0.1) is 0 Å². The van der Waals surface area contributed by atoms with E-state index in [1.165, 1.54) is 19.2 Å². The number of hydrogen-bond acceptors (Lipinski definition) is 3. The molecule has 0 unspecified atom stereocenters. The summed E-state index contributed by atoms with van der Waals surface area (Å²) in [6.07, 6.45) is 1.68. The Balaban J connectivity index is 2.11. The normalized spacial score (nSPS) is 11.2. The third-order valence-electron chi connectivity index (χ3n) is 3.87. The second-order valence-electron chi connectivity index (χ2n) is 5.88. The molecule has 5 nitrogen and oxygen atoms in total. The molecule has 2 aromatic rings. The lowest BCUT2D eigenvalue weighted by atomic mass is 10.1. The van der Waals surface area contributed by atoms with Gasteiger partial charge in [0.2, 0.25) is 10.0 Å². The van der Waals surface area contributed by atoms with E-state index in [4.69, 9.17) is 0 Å². The molecule has 0 aliphatic carbocycles. The lowest BCUT2D eigenvalue weighted by Crippen LogP contribution is -2.28. The molecule has 0 atom stereocenters. The van der Waals surface area contributed by atoms with Crippen LogP contribution in [0.25, 0.3) is 0 Å². The van der Waals surface area contributed by atoms with Crippen LogP contribution >= 0.6 is 15.9 Å². The van der Waals surface area contributed by atoms with Gasteiger partial charge in [-0.3, -0.25) is 9.10 Å². The van der Waals surface area contributed by atoms with Crippen LogP contribution in [-0.2, 0) is 21.8 Å². The van der Waals surface area contributed by atoms with Gasteiger partial charge >= 0.3 is 0 Å². The fourth-order valence-electron chi connectivity index (χ4n) is 2.33. The molecule has 0 spiro atoms. The molecule has 0 heterocycles. The summed E-state index contributed by atoms with van der Waals surface area (Å²) in [5, 5.41) is 3.30. The average Bonchev–Trinajstić information content (AvgIpc) is 2.61. The lowest BCUT2D eigenvalue weighted by molar-refractivity contribution is 0.0954. The van der Waals surface area contributed by atoms with E-state index in [9.17, 15) is 17.6 Å². The minimum absolute atomic E-state index is 0.293. The summed E-state index contributed by atoms with van der Waals surface area (Å²) in [4.78, 5) is 12.4. The van der Waals surface area contributed by atoms with Crippen molar-refractivity contribution in [2.45, 2.75) is 11.8 Å². The maximum absolute atomic E-state index is 12.9. The van der Waals surface area contributed by atoms with Gasteiger partial charge in [-0.25, -0.2) is 12.8 Å². The van der Waals surface area contributed by atoms with Crippen LogP contribution < -0.4 is 9.62 Å². The number of nitrogens with zero attached hydrogens (tertiary/aromatic N) is 1. The molecule has 1 amide bonds. The Hall–Kier alpha value is -1.93. The van der Waals surface area contributed by atoms with Crippen molar-refractivity contribution in [1.29, 1.82) is 0 Å². The number of carbonyl (C=O) groups is 1. The summed E-state index contributed by atoms with van der Waals surface area (Å²) in [5.41, 5.74) is 2.51. The molecule has 0 saturated carbocycles. The van der Waals surface area contributed by atoms with Crippen molar-refractivity contribution in [1.82, 2.24) is 5.32 Å². The Morgan fingerprint density at radius 2 is 1.81 bits per heavy atom. The van der Waals surface area contributed by atoms with Crippen LogP contribution in [0.2, 0.25) is 0 Å². The molecule has 0 radical (unpaired) electrons. The van der Waals surface area contributed by atoms with Crippen molar-refractivity contribution in [2.75, 3.05) is 24.2 Å². The molecule has 0 aromatic heterocycles. The minimum atomic E-state index is -3.42. The quantitative estimate of drug-likeness (QED) is 0.669. The second kappa shape index (κ2) is 8.64. The van der Waals surface area contributed by atoms with E-state index >= 15 is 0 Å². The average molecular weight is 443 g/mol. The maximum Gasteiger partial charge on any atom is 0.251 e. The number of sulfonamides is 1. The van der Waals surface area contributed by atoms with Gasteiger partial charge in [0.05, 0.1) is 11.9 Å². The minimum Gasteiger partial charge on any atom is -0.352 e. The number of hydrogen-bond donors (Lipinski definition) is 1. The highest BCUT2D eigenvalue weighted by Gasteiger charge is 2.16. The van der Waals surface area contributed by atoms with Gasteiger partial charge in [0.25, 0.3) is 5.91 Å². The molecule has 140 valence electrons. The fraction of sp³-hybridized carbons (Fsp3) is 0.278. The Kier molecular flexibility index (Phi) is 6.77. The van der Waals surface area contributed by atoms with E-state index in [0.717, 1.165) is 21.7 Å². The zero-order chi connectivity index (χ0) is 19.3. The van der Waals surface area contributed by atoms with Crippen LogP contribution in [0.1, 0.15) is 21.5 Å². The Morgan fingerprint density at radius 1 is 1.15 bits per heavy atom.